The first-order chi connectivity index (χ1) is 14.5. The summed E-state index contributed by atoms with van der Waals surface area (Å²) in [6.07, 6.45) is 5.84. The van der Waals surface area contributed by atoms with E-state index in [-0.39, 0.29) is 31.0 Å². The van der Waals surface area contributed by atoms with E-state index in [1.165, 1.54) is 6.08 Å². The Morgan fingerprint density at radius 3 is 2.63 bits per heavy atom. The molecule has 1 aliphatic carbocycles. The highest BCUT2D eigenvalue weighted by Gasteiger charge is 2.20. The highest BCUT2D eigenvalue weighted by molar-refractivity contribution is 6.05. The standard InChI is InChI=1S/C24H21NO5/c26-17-9-5-16(6-10-17)14-23(27)25-20(24(28)29)11-7-15-8-12-22-19(13-15)18-3-1-2-4-21(18)30-22/h1-6,8-9,12-13,20H,7,10-11,14H2,(H,25,27)(H,28,29)/t20-/m0/s1. The molecule has 0 saturated carbocycles. The van der Waals surface area contributed by atoms with Crippen molar-refractivity contribution in [1.29, 1.82) is 0 Å². The van der Waals surface area contributed by atoms with Gasteiger partial charge in [0, 0.05) is 17.2 Å². The van der Waals surface area contributed by atoms with Crippen molar-refractivity contribution >= 4 is 39.6 Å². The number of carbonyl (C=O) groups excluding carboxylic acids is 2. The summed E-state index contributed by atoms with van der Waals surface area (Å²) >= 11 is 0. The molecular weight excluding hydrogens is 382 g/mol. The maximum absolute atomic E-state index is 12.3. The summed E-state index contributed by atoms with van der Waals surface area (Å²) in [5.74, 6) is -1.45. The van der Waals surface area contributed by atoms with Gasteiger partial charge in [-0.15, -0.1) is 0 Å². The Hall–Kier alpha value is -3.67. The van der Waals surface area contributed by atoms with Gasteiger partial charge in [-0.3, -0.25) is 9.59 Å². The maximum atomic E-state index is 12.3. The number of amides is 1. The lowest BCUT2D eigenvalue weighted by Crippen LogP contribution is -2.41. The monoisotopic (exact) mass is 403 g/mol. The molecule has 0 spiro atoms. The molecule has 1 heterocycles. The van der Waals surface area contributed by atoms with Gasteiger partial charge in [-0.2, -0.15) is 0 Å². The van der Waals surface area contributed by atoms with E-state index in [1.807, 2.05) is 42.5 Å². The minimum absolute atomic E-state index is 0.00931. The number of aliphatic carboxylic acids is 1. The van der Waals surface area contributed by atoms with Crippen LogP contribution in [0.4, 0.5) is 0 Å². The SMILES string of the molecule is O=C1C=CC(CC(=O)N[C@@H](CCc2ccc3oc4ccccc4c3c2)C(=O)O)=CC1. The molecule has 30 heavy (non-hydrogen) atoms. The average molecular weight is 403 g/mol. The number of carboxylic acid groups (broad SMARTS) is 1. The van der Waals surface area contributed by atoms with Crippen molar-refractivity contribution < 1.29 is 23.9 Å². The van der Waals surface area contributed by atoms with Crippen LogP contribution in [0.1, 0.15) is 24.8 Å². The van der Waals surface area contributed by atoms with E-state index >= 15 is 0 Å². The van der Waals surface area contributed by atoms with E-state index in [0.717, 1.165) is 27.5 Å². The number of allylic oxidation sites excluding steroid dienone is 3. The molecule has 1 atom stereocenters. The molecule has 0 unspecified atom stereocenters. The number of aryl methyl sites for hydroxylation is 1. The topological polar surface area (TPSA) is 96.6 Å². The molecule has 2 N–H and O–H groups in total. The zero-order chi connectivity index (χ0) is 21.1. The number of carbonyl (C=O) groups is 3. The van der Waals surface area contributed by atoms with Crippen molar-refractivity contribution in [2.75, 3.05) is 0 Å². The van der Waals surface area contributed by atoms with Gasteiger partial charge in [0.25, 0.3) is 0 Å². The first kappa shape index (κ1) is 19.6. The molecular formula is C24H21NO5. The van der Waals surface area contributed by atoms with Gasteiger partial charge in [0.05, 0.1) is 6.42 Å². The van der Waals surface area contributed by atoms with E-state index < -0.39 is 12.0 Å². The van der Waals surface area contributed by atoms with Gasteiger partial charge in [-0.05, 0) is 48.3 Å². The third-order valence-corrected chi connectivity index (χ3v) is 5.21. The van der Waals surface area contributed by atoms with Crippen molar-refractivity contribution in [2.45, 2.75) is 31.7 Å². The van der Waals surface area contributed by atoms with Crippen LogP contribution in [0.15, 0.2) is 70.7 Å². The van der Waals surface area contributed by atoms with Crippen LogP contribution in [0.25, 0.3) is 21.9 Å². The van der Waals surface area contributed by atoms with Gasteiger partial charge < -0.3 is 14.8 Å². The fourth-order valence-corrected chi connectivity index (χ4v) is 3.63. The summed E-state index contributed by atoms with van der Waals surface area (Å²) in [5.41, 5.74) is 3.29. The highest BCUT2D eigenvalue weighted by atomic mass is 16.4. The second kappa shape index (κ2) is 8.37. The van der Waals surface area contributed by atoms with Crippen LogP contribution in [0, 0.1) is 0 Å². The molecule has 0 bridgehead atoms. The van der Waals surface area contributed by atoms with Gasteiger partial charge in [-0.25, -0.2) is 4.79 Å². The molecule has 0 aliphatic heterocycles. The number of rotatable bonds is 7. The fourth-order valence-electron chi connectivity index (χ4n) is 3.63. The molecule has 1 aromatic heterocycles. The second-order valence-corrected chi connectivity index (χ2v) is 7.39. The number of benzene rings is 2. The molecule has 0 fully saturated rings. The molecule has 3 aromatic rings. The second-order valence-electron chi connectivity index (χ2n) is 7.39. The van der Waals surface area contributed by atoms with E-state index in [1.54, 1.807) is 12.2 Å². The van der Waals surface area contributed by atoms with Gasteiger partial charge in [0.2, 0.25) is 5.91 Å². The molecule has 0 radical (unpaired) electrons. The van der Waals surface area contributed by atoms with Crippen LogP contribution in [-0.2, 0) is 20.8 Å². The lowest BCUT2D eigenvalue weighted by Gasteiger charge is -2.15. The first-order valence-corrected chi connectivity index (χ1v) is 9.82. The lowest BCUT2D eigenvalue weighted by atomic mass is 10.0. The molecule has 0 saturated heterocycles. The third-order valence-electron chi connectivity index (χ3n) is 5.21. The van der Waals surface area contributed by atoms with Gasteiger partial charge >= 0.3 is 5.97 Å². The lowest BCUT2D eigenvalue weighted by molar-refractivity contribution is -0.141. The molecule has 152 valence electrons. The summed E-state index contributed by atoms with van der Waals surface area (Å²) in [7, 11) is 0. The smallest absolute Gasteiger partial charge is 0.326 e. The summed E-state index contributed by atoms with van der Waals surface area (Å²) in [6, 6.07) is 12.6. The molecule has 6 nitrogen and oxygen atoms in total. The molecule has 1 amide bonds. The normalized spacial score (nSPS) is 14.7. The van der Waals surface area contributed by atoms with Crippen LogP contribution in [0.2, 0.25) is 0 Å². The van der Waals surface area contributed by atoms with Crippen LogP contribution >= 0.6 is 0 Å². The van der Waals surface area contributed by atoms with E-state index in [4.69, 9.17) is 4.42 Å². The van der Waals surface area contributed by atoms with Gasteiger partial charge in [0.1, 0.15) is 17.2 Å². The van der Waals surface area contributed by atoms with E-state index in [9.17, 15) is 19.5 Å². The Bertz CT molecular complexity index is 1200. The van der Waals surface area contributed by atoms with Crippen molar-refractivity contribution in [3.05, 3.63) is 71.8 Å². The Morgan fingerprint density at radius 2 is 1.87 bits per heavy atom. The van der Waals surface area contributed by atoms with Crippen molar-refractivity contribution in [3.63, 3.8) is 0 Å². The molecule has 2 aromatic carbocycles. The number of nitrogens with one attached hydrogen (secondary N) is 1. The van der Waals surface area contributed by atoms with E-state index in [2.05, 4.69) is 5.32 Å². The fraction of sp³-hybridized carbons (Fsp3) is 0.208. The predicted octanol–water partition coefficient (Wildman–Crippen LogP) is 3.93. The Morgan fingerprint density at radius 1 is 1.07 bits per heavy atom. The van der Waals surface area contributed by atoms with Crippen molar-refractivity contribution in [3.8, 4) is 0 Å². The molecule has 1 aliphatic rings. The van der Waals surface area contributed by atoms with Crippen LogP contribution < -0.4 is 5.32 Å². The largest absolute Gasteiger partial charge is 0.480 e. The number of para-hydroxylation sites is 1. The summed E-state index contributed by atoms with van der Waals surface area (Å²) in [5, 5.41) is 14.1. The van der Waals surface area contributed by atoms with Gasteiger partial charge in [0.15, 0.2) is 5.78 Å². The highest BCUT2D eigenvalue weighted by Crippen LogP contribution is 2.29. The zero-order valence-corrected chi connectivity index (χ0v) is 16.3. The average Bonchev–Trinajstić information content (AvgIpc) is 3.10. The zero-order valence-electron chi connectivity index (χ0n) is 16.3. The Kier molecular flexibility index (Phi) is 5.48. The first-order valence-electron chi connectivity index (χ1n) is 9.82. The van der Waals surface area contributed by atoms with E-state index in [0.29, 0.717) is 12.0 Å². The molecule has 6 heteroatoms. The van der Waals surface area contributed by atoms with Crippen LogP contribution in [-0.4, -0.2) is 28.8 Å². The molecule has 4 rings (SSSR count). The van der Waals surface area contributed by atoms with Crippen LogP contribution in [0.5, 0.6) is 0 Å². The minimum Gasteiger partial charge on any atom is -0.480 e. The van der Waals surface area contributed by atoms with Gasteiger partial charge in [-0.1, -0.05) is 36.4 Å². The number of ketones is 1. The number of hydrogen-bond acceptors (Lipinski definition) is 4. The summed E-state index contributed by atoms with van der Waals surface area (Å²) in [4.78, 5) is 35.1. The minimum atomic E-state index is -1.07. The predicted molar refractivity (Wildman–Crippen MR) is 113 cm³/mol. The maximum Gasteiger partial charge on any atom is 0.326 e. The van der Waals surface area contributed by atoms with Crippen LogP contribution in [0.3, 0.4) is 0 Å². The Balaban J connectivity index is 1.41. The summed E-state index contributed by atoms with van der Waals surface area (Å²) < 4.78 is 5.82. The Labute approximate surface area is 172 Å². The summed E-state index contributed by atoms with van der Waals surface area (Å²) in [6.45, 7) is 0. The number of fused-ring (bicyclic) bond motifs is 3. The quantitative estimate of drug-likeness (QED) is 0.623. The van der Waals surface area contributed by atoms with Crippen molar-refractivity contribution in [1.82, 2.24) is 5.32 Å². The number of hydrogen-bond donors (Lipinski definition) is 2. The third kappa shape index (κ3) is 4.33. The van der Waals surface area contributed by atoms with Crippen molar-refractivity contribution in [2.24, 2.45) is 0 Å². The number of carboxylic acids is 1. The number of furan rings is 1.